The van der Waals surface area contributed by atoms with Crippen LogP contribution in [0.3, 0.4) is 0 Å². The number of ether oxygens (including phenoxy) is 1. The van der Waals surface area contributed by atoms with E-state index >= 15 is 0 Å². The number of aliphatic hydroxyl groups is 1. The Balaban J connectivity index is 1.45. The maximum absolute atomic E-state index is 14.6. The van der Waals surface area contributed by atoms with Crippen molar-refractivity contribution in [2.24, 2.45) is 0 Å². The summed E-state index contributed by atoms with van der Waals surface area (Å²) in [4.78, 5) is 4.46. The fraction of sp³-hybridized carbons (Fsp3) is 0.435. The summed E-state index contributed by atoms with van der Waals surface area (Å²) < 4.78 is 34.5. The predicted octanol–water partition coefficient (Wildman–Crippen LogP) is 6.45. The number of nitrogens with zero attached hydrogens (tertiary/aromatic N) is 1. The Morgan fingerprint density at radius 1 is 1.14 bits per heavy atom. The average Bonchev–Trinajstić information content (AvgIpc) is 2.58. The van der Waals surface area contributed by atoms with Gasteiger partial charge in [-0.3, -0.25) is 4.98 Å². The summed E-state index contributed by atoms with van der Waals surface area (Å²) in [7, 11) is 0. The number of rotatable bonds is 7. The molecule has 28 heavy (non-hydrogen) atoms. The van der Waals surface area contributed by atoms with Crippen molar-refractivity contribution in [1.82, 2.24) is 4.98 Å². The van der Waals surface area contributed by atoms with Crippen molar-refractivity contribution in [1.29, 1.82) is 0 Å². The molecule has 2 aromatic rings. The van der Waals surface area contributed by atoms with Crippen LogP contribution in [0.2, 0.25) is 0 Å². The van der Waals surface area contributed by atoms with Crippen LogP contribution >= 0.6 is 0 Å². The third-order valence-corrected chi connectivity index (χ3v) is 5.81. The number of aromatic nitrogens is 1. The van der Waals surface area contributed by atoms with Crippen LogP contribution in [0.1, 0.15) is 63.0 Å². The zero-order valence-electron chi connectivity index (χ0n) is 15.9. The van der Waals surface area contributed by atoms with Gasteiger partial charge in [-0.25, -0.2) is 8.78 Å². The molecule has 5 heteroatoms. The second-order valence-electron chi connectivity index (χ2n) is 7.69. The lowest BCUT2D eigenvalue weighted by Gasteiger charge is -2.26. The van der Waals surface area contributed by atoms with E-state index in [1.165, 1.54) is 18.6 Å². The molecule has 1 heterocycles. The lowest BCUT2D eigenvalue weighted by Crippen LogP contribution is -2.12. The number of pyridine rings is 1. The molecule has 0 bridgehead atoms. The number of hydrogen-bond donors (Lipinski definition) is 1. The normalized spacial score (nSPS) is 16.4. The van der Waals surface area contributed by atoms with Crippen LogP contribution in [0.25, 0.3) is 11.1 Å². The highest BCUT2D eigenvalue weighted by atomic mass is 19.1. The first-order valence-electron chi connectivity index (χ1n) is 10.1. The van der Waals surface area contributed by atoms with Crippen LogP contribution in [0.4, 0.5) is 8.78 Å². The van der Waals surface area contributed by atoms with E-state index in [0.29, 0.717) is 30.1 Å². The van der Waals surface area contributed by atoms with E-state index in [4.69, 9.17) is 4.74 Å². The van der Waals surface area contributed by atoms with Crippen molar-refractivity contribution in [3.63, 3.8) is 0 Å². The molecule has 2 saturated carbocycles. The van der Waals surface area contributed by atoms with E-state index < -0.39 is 11.6 Å². The summed E-state index contributed by atoms with van der Waals surface area (Å²) in [6, 6.07) is 6.31. The summed E-state index contributed by atoms with van der Waals surface area (Å²) in [5.74, 6) is -0.990. The second kappa shape index (κ2) is 8.29. The van der Waals surface area contributed by atoms with E-state index in [0.717, 1.165) is 48.9 Å². The zero-order valence-corrected chi connectivity index (χ0v) is 15.9. The molecule has 0 amide bonds. The summed E-state index contributed by atoms with van der Waals surface area (Å²) >= 11 is 0. The van der Waals surface area contributed by atoms with Crippen LogP contribution in [0, 0.1) is 11.6 Å². The molecule has 0 atom stereocenters. The second-order valence-corrected chi connectivity index (χ2v) is 7.69. The fourth-order valence-electron chi connectivity index (χ4n) is 3.75. The monoisotopic (exact) mass is 385 g/mol. The maximum atomic E-state index is 14.6. The van der Waals surface area contributed by atoms with Gasteiger partial charge in [-0.2, -0.15) is 0 Å². The first-order valence-corrected chi connectivity index (χ1v) is 10.1. The number of aliphatic hydroxyl groups excluding tert-OH is 1. The number of allylic oxidation sites excluding steroid dienone is 2. The Morgan fingerprint density at radius 3 is 2.50 bits per heavy atom. The van der Waals surface area contributed by atoms with E-state index in [-0.39, 0.29) is 12.4 Å². The fourth-order valence-corrected chi connectivity index (χ4v) is 3.75. The Morgan fingerprint density at radius 2 is 1.89 bits per heavy atom. The van der Waals surface area contributed by atoms with Crippen LogP contribution < -0.4 is 4.74 Å². The van der Waals surface area contributed by atoms with Crippen molar-refractivity contribution in [2.75, 3.05) is 6.61 Å². The molecule has 0 spiro atoms. The van der Waals surface area contributed by atoms with Crippen LogP contribution in [-0.4, -0.2) is 16.7 Å². The Labute approximate surface area is 164 Å². The van der Waals surface area contributed by atoms with E-state index in [2.05, 4.69) is 4.98 Å². The highest BCUT2D eigenvalue weighted by molar-refractivity contribution is 5.67. The molecular formula is C23H25F2NO2. The van der Waals surface area contributed by atoms with Crippen molar-refractivity contribution in [2.45, 2.75) is 57.3 Å². The molecule has 2 aliphatic carbocycles. The molecule has 1 aromatic carbocycles. The van der Waals surface area contributed by atoms with Crippen LogP contribution in [0.5, 0.6) is 5.75 Å². The molecule has 0 saturated heterocycles. The third kappa shape index (κ3) is 3.89. The van der Waals surface area contributed by atoms with Gasteiger partial charge in [0.2, 0.25) is 0 Å². The molecule has 1 aromatic heterocycles. The van der Waals surface area contributed by atoms with Crippen LogP contribution in [0.15, 0.2) is 41.8 Å². The molecule has 4 rings (SSSR count). The van der Waals surface area contributed by atoms with Crippen molar-refractivity contribution >= 4 is 0 Å². The Kier molecular flexibility index (Phi) is 5.60. The average molecular weight is 385 g/mol. The van der Waals surface area contributed by atoms with Gasteiger partial charge in [0.15, 0.2) is 17.4 Å². The largest absolute Gasteiger partial charge is 0.512 e. The lowest BCUT2D eigenvalue weighted by atomic mass is 9.80. The number of benzene rings is 1. The highest BCUT2D eigenvalue weighted by Gasteiger charge is 2.25. The Bertz CT molecular complexity index is 861. The van der Waals surface area contributed by atoms with Gasteiger partial charge >= 0.3 is 0 Å². The Hall–Kier alpha value is -2.43. The maximum Gasteiger partial charge on any atom is 0.190 e. The van der Waals surface area contributed by atoms with Gasteiger partial charge in [0.25, 0.3) is 0 Å². The number of hydrogen-bond acceptors (Lipinski definition) is 3. The van der Waals surface area contributed by atoms with Crippen molar-refractivity contribution < 1.29 is 18.6 Å². The topological polar surface area (TPSA) is 42.4 Å². The highest BCUT2D eigenvalue weighted by Crippen LogP contribution is 2.40. The standard InChI is InChI=1S/C23H25F2NO2/c24-19-13-17(18-9-3-11-26-22(18)16-7-2-8-16)14-20(25)23(19)28-12-4-10-21(27)15-5-1-6-15/h3,9,11,13-14,16,27H,1-2,4-8,10,12H2. The van der Waals surface area contributed by atoms with Gasteiger partial charge in [0.05, 0.1) is 18.1 Å². The van der Waals surface area contributed by atoms with Gasteiger partial charge in [-0.05, 0) is 67.9 Å². The predicted molar refractivity (Wildman–Crippen MR) is 104 cm³/mol. The first-order chi connectivity index (χ1) is 13.6. The smallest absolute Gasteiger partial charge is 0.190 e. The van der Waals surface area contributed by atoms with E-state index in [1.54, 1.807) is 12.3 Å². The quantitative estimate of drug-likeness (QED) is 0.440. The molecule has 0 aliphatic heterocycles. The molecule has 148 valence electrons. The summed E-state index contributed by atoms with van der Waals surface area (Å²) in [5, 5.41) is 9.90. The number of halogens is 2. The first kappa shape index (κ1) is 18.9. The van der Waals surface area contributed by atoms with Gasteiger partial charge in [0.1, 0.15) is 0 Å². The van der Waals surface area contributed by atoms with Crippen LogP contribution in [-0.2, 0) is 0 Å². The molecule has 3 nitrogen and oxygen atoms in total. The van der Waals surface area contributed by atoms with Gasteiger partial charge < -0.3 is 9.84 Å². The SMILES string of the molecule is OC(CCCOc1c(F)cc(-c2cccnc2C2CCC2)cc1F)=C1CCC1. The van der Waals surface area contributed by atoms with E-state index in [9.17, 15) is 13.9 Å². The van der Waals surface area contributed by atoms with E-state index in [1.807, 2.05) is 6.07 Å². The van der Waals surface area contributed by atoms with Gasteiger partial charge in [0, 0.05) is 24.1 Å². The van der Waals surface area contributed by atoms with Gasteiger partial charge in [-0.1, -0.05) is 12.5 Å². The molecule has 2 aliphatic rings. The zero-order chi connectivity index (χ0) is 19.5. The molecular weight excluding hydrogens is 360 g/mol. The molecule has 2 fully saturated rings. The summed E-state index contributed by atoms with van der Waals surface area (Å²) in [6.45, 7) is 0.157. The van der Waals surface area contributed by atoms with Crippen molar-refractivity contribution in [3.05, 3.63) is 59.1 Å². The minimum atomic E-state index is -0.708. The van der Waals surface area contributed by atoms with Gasteiger partial charge in [-0.15, -0.1) is 0 Å². The molecule has 0 radical (unpaired) electrons. The minimum Gasteiger partial charge on any atom is -0.512 e. The molecule has 0 unspecified atom stereocenters. The summed E-state index contributed by atoms with van der Waals surface area (Å²) in [6.07, 6.45) is 9.07. The summed E-state index contributed by atoms with van der Waals surface area (Å²) in [5.41, 5.74) is 3.29. The third-order valence-electron chi connectivity index (χ3n) is 5.81. The van der Waals surface area contributed by atoms with Crippen molar-refractivity contribution in [3.8, 4) is 16.9 Å². The lowest BCUT2D eigenvalue weighted by molar-refractivity contribution is 0.268. The molecule has 1 N–H and O–H groups in total. The minimum absolute atomic E-state index is 0.157.